The Labute approximate surface area is 119 Å². The van der Waals surface area contributed by atoms with Crippen molar-refractivity contribution in [2.24, 2.45) is 0 Å². The number of hydrogen-bond donors (Lipinski definition) is 2. The number of rotatable bonds is 6. The molecule has 0 radical (unpaired) electrons. The SMILES string of the molecule is CC(=O)N[C@@H](CSCc1cccc(F)c1Cl)C(=O)O. The summed E-state index contributed by atoms with van der Waals surface area (Å²) >= 11 is 7.04. The van der Waals surface area contributed by atoms with Gasteiger partial charge in [0.05, 0.1) is 5.02 Å². The summed E-state index contributed by atoms with van der Waals surface area (Å²) in [5.74, 6) is -1.46. The predicted molar refractivity (Wildman–Crippen MR) is 72.8 cm³/mol. The van der Waals surface area contributed by atoms with Crippen LogP contribution in [0, 0.1) is 5.82 Å². The smallest absolute Gasteiger partial charge is 0.327 e. The van der Waals surface area contributed by atoms with Crippen LogP contribution in [0.1, 0.15) is 12.5 Å². The largest absolute Gasteiger partial charge is 0.480 e. The number of benzene rings is 1. The standard InChI is InChI=1S/C12H13ClFNO3S/c1-7(16)15-10(12(17)18)6-19-5-8-3-2-4-9(14)11(8)13/h2-4,10H,5-6H2,1H3,(H,15,16)(H,17,18)/t10-/m0/s1. The maximum Gasteiger partial charge on any atom is 0.327 e. The Morgan fingerprint density at radius 3 is 2.79 bits per heavy atom. The average molecular weight is 306 g/mol. The number of carbonyl (C=O) groups is 2. The van der Waals surface area contributed by atoms with E-state index in [0.717, 1.165) is 0 Å². The van der Waals surface area contributed by atoms with Crippen LogP contribution in [-0.2, 0) is 15.3 Å². The number of aliphatic carboxylic acids is 1. The lowest BCUT2D eigenvalue weighted by molar-refractivity contribution is -0.140. The summed E-state index contributed by atoms with van der Waals surface area (Å²) in [4.78, 5) is 21.7. The number of amides is 1. The van der Waals surface area contributed by atoms with E-state index in [0.29, 0.717) is 11.3 Å². The maximum absolute atomic E-state index is 13.2. The van der Waals surface area contributed by atoms with E-state index < -0.39 is 23.7 Å². The first-order chi connectivity index (χ1) is 8.91. The fourth-order valence-electron chi connectivity index (χ4n) is 1.37. The number of carboxylic acids is 1. The summed E-state index contributed by atoms with van der Waals surface area (Å²) in [6.45, 7) is 1.25. The highest BCUT2D eigenvalue weighted by atomic mass is 35.5. The normalized spacial score (nSPS) is 11.9. The summed E-state index contributed by atoms with van der Waals surface area (Å²) in [5.41, 5.74) is 0.596. The zero-order chi connectivity index (χ0) is 14.4. The van der Waals surface area contributed by atoms with Gasteiger partial charge >= 0.3 is 5.97 Å². The second-order valence-electron chi connectivity index (χ2n) is 3.82. The van der Waals surface area contributed by atoms with Crippen LogP contribution >= 0.6 is 23.4 Å². The van der Waals surface area contributed by atoms with Gasteiger partial charge in [-0.15, -0.1) is 0 Å². The highest BCUT2D eigenvalue weighted by Crippen LogP contribution is 2.24. The highest BCUT2D eigenvalue weighted by Gasteiger charge is 2.18. The molecule has 104 valence electrons. The van der Waals surface area contributed by atoms with E-state index in [1.807, 2.05) is 0 Å². The number of hydrogen-bond acceptors (Lipinski definition) is 3. The van der Waals surface area contributed by atoms with E-state index in [-0.39, 0.29) is 10.8 Å². The number of carboxylic acid groups (broad SMARTS) is 1. The minimum absolute atomic E-state index is 0.0430. The number of carbonyl (C=O) groups excluding carboxylic acids is 1. The van der Waals surface area contributed by atoms with Crippen LogP contribution in [-0.4, -0.2) is 28.8 Å². The molecule has 19 heavy (non-hydrogen) atoms. The van der Waals surface area contributed by atoms with Crippen LogP contribution in [0.3, 0.4) is 0 Å². The lowest BCUT2D eigenvalue weighted by atomic mass is 10.2. The Kier molecular flexibility index (Phi) is 6.11. The molecule has 0 aliphatic rings. The summed E-state index contributed by atoms with van der Waals surface area (Å²) in [5, 5.41) is 11.3. The summed E-state index contributed by atoms with van der Waals surface area (Å²) in [6.07, 6.45) is 0. The molecule has 0 fully saturated rings. The van der Waals surface area contributed by atoms with Gasteiger partial charge in [0.15, 0.2) is 0 Å². The van der Waals surface area contributed by atoms with Crippen LogP contribution in [0.2, 0.25) is 5.02 Å². The minimum atomic E-state index is -1.10. The first-order valence-corrected chi connectivity index (χ1v) is 6.95. The number of nitrogens with one attached hydrogen (secondary N) is 1. The van der Waals surface area contributed by atoms with Gasteiger partial charge in [0.25, 0.3) is 0 Å². The molecule has 2 N–H and O–H groups in total. The highest BCUT2D eigenvalue weighted by molar-refractivity contribution is 7.98. The Morgan fingerprint density at radius 2 is 2.21 bits per heavy atom. The van der Waals surface area contributed by atoms with Gasteiger partial charge in [-0.1, -0.05) is 23.7 Å². The Hall–Kier alpha value is -1.27. The van der Waals surface area contributed by atoms with E-state index in [4.69, 9.17) is 16.7 Å². The molecule has 1 aromatic rings. The molecule has 1 rings (SSSR count). The molecule has 1 amide bonds. The maximum atomic E-state index is 13.2. The molecule has 0 saturated carbocycles. The van der Waals surface area contributed by atoms with Gasteiger partial charge in [-0.05, 0) is 11.6 Å². The third kappa shape index (κ3) is 5.08. The molecular formula is C12H13ClFNO3S. The Balaban J connectivity index is 2.54. The molecular weight excluding hydrogens is 293 g/mol. The van der Waals surface area contributed by atoms with Crippen LogP contribution in [0.15, 0.2) is 18.2 Å². The topological polar surface area (TPSA) is 66.4 Å². The van der Waals surface area contributed by atoms with Crippen molar-refractivity contribution in [1.29, 1.82) is 0 Å². The minimum Gasteiger partial charge on any atom is -0.480 e. The molecule has 0 unspecified atom stereocenters. The van der Waals surface area contributed by atoms with Crippen LogP contribution < -0.4 is 5.32 Å². The van der Waals surface area contributed by atoms with Crippen molar-refractivity contribution >= 4 is 35.2 Å². The van der Waals surface area contributed by atoms with Crippen molar-refractivity contribution in [3.63, 3.8) is 0 Å². The number of halogens is 2. The third-order valence-electron chi connectivity index (χ3n) is 2.25. The van der Waals surface area contributed by atoms with E-state index in [1.165, 1.54) is 24.8 Å². The van der Waals surface area contributed by atoms with Crippen LogP contribution in [0.5, 0.6) is 0 Å². The first kappa shape index (κ1) is 15.8. The first-order valence-electron chi connectivity index (χ1n) is 5.42. The Morgan fingerprint density at radius 1 is 1.53 bits per heavy atom. The molecule has 0 saturated heterocycles. The monoisotopic (exact) mass is 305 g/mol. The van der Waals surface area contributed by atoms with Crippen LogP contribution in [0.25, 0.3) is 0 Å². The lowest BCUT2D eigenvalue weighted by Crippen LogP contribution is -2.41. The molecule has 4 nitrogen and oxygen atoms in total. The van der Waals surface area contributed by atoms with Crippen molar-refractivity contribution < 1.29 is 19.1 Å². The summed E-state index contributed by atoms with van der Waals surface area (Å²) in [6, 6.07) is 3.51. The quantitative estimate of drug-likeness (QED) is 0.846. The van der Waals surface area contributed by atoms with E-state index in [2.05, 4.69) is 5.32 Å². The molecule has 1 atom stereocenters. The van der Waals surface area contributed by atoms with Crippen molar-refractivity contribution in [3.05, 3.63) is 34.6 Å². The molecule has 0 aromatic heterocycles. The van der Waals surface area contributed by atoms with Crippen molar-refractivity contribution in [1.82, 2.24) is 5.32 Å². The summed E-state index contributed by atoms with van der Waals surface area (Å²) < 4.78 is 13.2. The van der Waals surface area contributed by atoms with Gasteiger partial charge < -0.3 is 10.4 Å². The van der Waals surface area contributed by atoms with Gasteiger partial charge in [-0.3, -0.25) is 4.79 Å². The van der Waals surface area contributed by atoms with Gasteiger partial charge in [0.1, 0.15) is 11.9 Å². The molecule has 0 bridgehead atoms. The molecule has 0 aliphatic carbocycles. The molecule has 1 aromatic carbocycles. The zero-order valence-corrected chi connectivity index (χ0v) is 11.7. The fraction of sp³-hybridized carbons (Fsp3) is 0.333. The molecule has 0 aliphatic heterocycles. The van der Waals surface area contributed by atoms with Crippen molar-refractivity contribution in [3.8, 4) is 0 Å². The van der Waals surface area contributed by atoms with E-state index in [1.54, 1.807) is 12.1 Å². The van der Waals surface area contributed by atoms with Crippen molar-refractivity contribution in [2.75, 3.05) is 5.75 Å². The second kappa shape index (κ2) is 7.35. The number of thioether (sulfide) groups is 1. The fourth-order valence-corrected chi connectivity index (χ4v) is 2.68. The third-order valence-corrected chi connectivity index (χ3v) is 3.76. The van der Waals surface area contributed by atoms with Gasteiger partial charge in [0.2, 0.25) is 5.91 Å². The summed E-state index contributed by atoms with van der Waals surface area (Å²) in [7, 11) is 0. The average Bonchev–Trinajstić information content (AvgIpc) is 2.32. The molecule has 0 heterocycles. The molecule has 7 heteroatoms. The van der Waals surface area contributed by atoms with Gasteiger partial charge in [0, 0.05) is 18.4 Å². The van der Waals surface area contributed by atoms with Crippen molar-refractivity contribution in [2.45, 2.75) is 18.7 Å². The molecule has 0 spiro atoms. The van der Waals surface area contributed by atoms with E-state index in [9.17, 15) is 14.0 Å². The van der Waals surface area contributed by atoms with Crippen LogP contribution in [0.4, 0.5) is 4.39 Å². The van der Waals surface area contributed by atoms with Gasteiger partial charge in [-0.25, -0.2) is 9.18 Å². The second-order valence-corrected chi connectivity index (χ2v) is 5.23. The van der Waals surface area contributed by atoms with Gasteiger partial charge in [-0.2, -0.15) is 11.8 Å². The lowest BCUT2D eigenvalue weighted by Gasteiger charge is -2.13. The Bertz CT molecular complexity index is 484. The van der Waals surface area contributed by atoms with E-state index >= 15 is 0 Å². The predicted octanol–water partition coefficient (Wildman–Crippen LogP) is 2.30. The zero-order valence-electron chi connectivity index (χ0n) is 10.2.